The van der Waals surface area contributed by atoms with Crippen LogP contribution < -0.4 is 0 Å². The van der Waals surface area contributed by atoms with Gasteiger partial charge in [0.05, 0.1) is 17.0 Å². The standard InChI is InChI=1S/C20H23BrN2O3S/c1-5-26-19(24)17-10-14-11-23(27(25)20(2,3)4)12-16(14)18(22-17)13-7-6-8-15(21)9-13/h6-10H,5,11-12H2,1-4H3. The summed E-state index contributed by atoms with van der Waals surface area (Å²) in [6.45, 7) is 9.02. The quantitative estimate of drug-likeness (QED) is 0.644. The van der Waals surface area contributed by atoms with Crippen molar-refractivity contribution in [3.63, 3.8) is 0 Å². The molecule has 1 aromatic carbocycles. The van der Waals surface area contributed by atoms with Crippen molar-refractivity contribution < 1.29 is 13.7 Å². The van der Waals surface area contributed by atoms with Gasteiger partial charge < -0.3 is 4.74 Å². The molecule has 0 saturated heterocycles. The fraction of sp³-hybridized carbons (Fsp3) is 0.400. The minimum atomic E-state index is -1.15. The molecule has 1 aliphatic heterocycles. The molecule has 0 fully saturated rings. The summed E-state index contributed by atoms with van der Waals surface area (Å²) >= 11 is 3.50. The largest absolute Gasteiger partial charge is 0.461 e. The van der Waals surface area contributed by atoms with Gasteiger partial charge in [0.1, 0.15) is 16.7 Å². The number of benzene rings is 1. The van der Waals surface area contributed by atoms with Gasteiger partial charge in [-0.05, 0) is 57.0 Å². The zero-order valence-electron chi connectivity index (χ0n) is 15.9. The Hall–Kier alpha value is -1.57. The maximum atomic E-state index is 12.9. The van der Waals surface area contributed by atoms with E-state index in [9.17, 15) is 9.00 Å². The summed E-state index contributed by atoms with van der Waals surface area (Å²) in [5.74, 6) is -0.438. The fourth-order valence-corrected chi connectivity index (χ4v) is 4.73. The van der Waals surface area contributed by atoms with Crippen LogP contribution in [0.3, 0.4) is 0 Å². The van der Waals surface area contributed by atoms with Gasteiger partial charge in [-0.25, -0.2) is 18.3 Å². The number of rotatable bonds is 4. The van der Waals surface area contributed by atoms with Gasteiger partial charge in [0.2, 0.25) is 0 Å². The first-order valence-electron chi connectivity index (χ1n) is 8.83. The highest BCUT2D eigenvalue weighted by molar-refractivity contribution is 9.10. The molecule has 7 heteroatoms. The van der Waals surface area contributed by atoms with Gasteiger partial charge in [0.25, 0.3) is 0 Å². The van der Waals surface area contributed by atoms with E-state index in [0.717, 1.165) is 26.9 Å². The van der Waals surface area contributed by atoms with Crippen molar-refractivity contribution in [2.24, 2.45) is 0 Å². The fourth-order valence-electron chi connectivity index (χ4n) is 3.05. The highest BCUT2D eigenvalue weighted by Crippen LogP contribution is 2.35. The molecule has 1 aromatic heterocycles. The number of esters is 1. The minimum absolute atomic E-state index is 0.286. The molecule has 1 aliphatic rings. The first-order chi connectivity index (χ1) is 12.7. The third-order valence-electron chi connectivity index (χ3n) is 4.24. The molecule has 0 spiro atoms. The Morgan fingerprint density at radius 1 is 1.30 bits per heavy atom. The van der Waals surface area contributed by atoms with Crippen molar-refractivity contribution in [3.05, 3.63) is 51.6 Å². The van der Waals surface area contributed by atoms with Gasteiger partial charge >= 0.3 is 5.97 Å². The van der Waals surface area contributed by atoms with E-state index in [-0.39, 0.29) is 10.4 Å². The maximum absolute atomic E-state index is 12.9. The van der Waals surface area contributed by atoms with Crippen molar-refractivity contribution in [1.29, 1.82) is 0 Å². The molecule has 0 saturated carbocycles. The topological polar surface area (TPSA) is 59.5 Å². The Kier molecular flexibility index (Phi) is 5.84. The highest BCUT2D eigenvalue weighted by Gasteiger charge is 2.33. The predicted octanol–water partition coefficient (Wildman–Crippen LogP) is 4.47. The Bertz CT molecular complexity index is 909. The molecule has 0 aliphatic carbocycles. The van der Waals surface area contributed by atoms with E-state index < -0.39 is 17.0 Å². The Labute approximate surface area is 170 Å². The second-order valence-electron chi connectivity index (χ2n) is 7.38. The van der Waals surface area contributed by atoms with Crippen LogP contribution >= 0.6 is 15.9 Å². The molecule has 144 valence electrons. The van der Waals surface area contributed by atoms with Crippen molar-refractivity contribution in [3.8, 4) is 11.3 Å². The molecular weight excluding hydrogens is 428 g/mol. The average Bonchev–Trinajstić information content (AvgIpc) is 3.03. The first-order valence-corrected chi connectivity index (χ1v) is 10.7. The van der Waals surface area contributed by atoms with E-state index in [1.165, 1.54) is 0 Å². The molecule has 2 heterocycles. The molecule has 5 nitrogen and oxygen atoms in total. The van der Waals surface area contributed by atoms with Crippen LogP contribution in [-0.2, 0) is 28.8 Å². The number of halogens is 1. The van der Waals surface area contributed by atoms with Crippen LogP contribution in [0.5, 0.6) is 0 Å². The van der Waals surface area contributed by atoms with Gasteiger partial charge in [-0.3, -0.25) is 0 Å². The zero-order chi connectivity index (χ0) is 19.8. The lowest BCUT2D eigenvalue weighted by atomic mass is 10.0. The number of nitrogens with zero attached hydrogens (tertiary/aromatic N) is 2. The SMILES string of the molecule is CCOC(=O)c1cc2c(c(-c3cccc(Br)c3)n1)CN(S(=O)C(C)(C)C)C2. The first kappa shape index (κ1) is 20.2. The molecule has 3 rings (SSSR count). The molecule has 2 aromatic rings. The average molecular weight is 451 g/mol. The number of aromatic nitrogens is 1. The number of carbonyl (C=O) groups is 1. The third-order valence-corrected chi connectivity index (χ3v) is 6.51. The second kappa shape index (κ2) is 7.81. The Morgan fingerprint density at radius 3 is 2.67 bits per heavy atom. The van der Waals surface area contributed by atoms with E-state index >= 15 is 0 Å². The van der Waals surface area contributed by atoms with Gasteiger partial charge in [0, 0.05) is 23.1 Å². The summed E-state index contributed by atoms with van der Waals surface area (Å²) in [5.41, 5.74) is 3.92. The lowest BCUT2D eigenvalue weighted by Gasteiger charge is -2.24. The molecule has 27 heavy (non-hydrogen) atoms. The van der Waals surface area contributed by atoms with E-state index in [4.69, 9.17) is 4.74 Å². The zero-order valence-corrected chi connectivity index (χ0v) is 18.3. The van der Waals surface area contributed by atoms with Gasteiger partial charge in [-0.15, -0.1) is 0 Å². The van der Waals surface area contributed by atoms with Gasteiger partial charge in [-0.1, -0.05) is 28.1 Å². The van der Waals surface area contributed by atoms with Crippen molar-refractivity contribution in [2.45, 2.75) is 45.5 Å². The number of carbonyl (C=O) groups excluding carboxylic acids is 1. The van der Waals surface area contributed by atoms with Crippen LogP contribution in [0.4, 0.5) is 0 Å². The van der Waals surface area contributed by atoms with E-state index in [1.54, 1.807) is 13.0 Å². The van der Waals surface area contributed by atoms with Crippen LogP contribution in [0.15, 0.2) is 34.8 Å². The summed E-state index contributed by atoms with van der Waals surface area (Å²) in [6.07, 6.45) is 0. The molecule has 1 atom stereocenters. The van der Waals surface area contributed by atoms with Crippen LogP contribution in [-0.4, -0.2) is 30.8 Å². The van der Waals surface area contributed by atoms with E-state index in [1.807, 2.05) is 49.3 Å². The minimum Gasteiger partial charge on any atom is -0.461 e. The molecule has 0 amide bonds. The lowest BCUT2D eigenvalue weighted by Crippen LogP contribution is -2.34. The summed E-state index contributed by atoms with van der Waals surface area (Å²) < 4.78 is 20.5. The number of ether oxygens (including phenoxy) is 1. The molecule has 0 bridgehead atoms. The molecule has 0 radical (unpaired) electrons. The number of pyridine rings is 1. The van der Waals surface area contributed by atoms with Crippen LogP contribution in [0.1, 0.15) is 49.3 Å². The Morgan fingerprint density at radius 2 is 2.04 bits per heavy atom. The van der Waals surface area contributed by atoms with Gasteiger partial charge in [0.15, 0.2) is 0 Å². The molecular formula is C20H23BrN2O3S. The van der Waals surface area contributed by atoms with Crippen LogP contribution in [0, 0.1) is 0 Å². The number of fused-ring (bicyclic) bond motifs is 1. The monoisotopic (exact) mass is 450 g/mol. The number of hydrogen-bond acceptors (Lipinski definition) is 4. The maximum Gasteiger partial charge on any atom is 0.356 e. The lowest BCUT2D eigenvalue weighted by molar-refractivity contribution is 0.0519. The van der Waals surface area contributed by atoms with Gasteiger partial charge in [-0.2, -0.15) is 0 Å². The summed E-state index contributed by atoms with van der Waals surface area (Å²) in [5, 5.41) is 0. The van der Waals surface area contributed by atoms with Crippen molar-refractivity contribution in [1.82, 2.24) is 9.29 Å². The number of hydrogen-bond donors (Lipinski definition) is 0. The van der Waals surface area contributed by atoms with Crippen molar-refractivity contribution in [2.75, 3.05) is 6.61 Å². The van der Waals surface area contributed by atoms with Crippen molar-refractivity contribution >= 4 is 32.9 Å². The predicted molar refractivity (Wildman–Crippen MR) is 110 cm³/mol. The highest BCUT2D eigenvalue weighted by atomic mass is 79.9. The van der Waals surface area contributed by atoms with Crippen LogP contribution in [0.25, 0.3) is 11.3 Å². The summed E-state index contributed by atoms with van der Waals surface area (Å²) in [7, 11) is -1.15. The molecule has 1 unspecified atom stereocenters. The second-order valence-corrected chi connectivity index (χ2v) is 10.5. The van der Waals surface area contributed by atoms with E-state index in [2.05, 4.69) is 20.9 Å². The summed E-state index contributed by atoms with van der Waals surface area (Å²) in [4.78, 5) is 16.9. The van der Waals surface area contributed by atoms with Crippen LogP contribution in [0.2, 0.25) is 0 Å². The Balaban J connectivity index is 2.09. The van der Waals surface area contributed by atoms with E-state index in [0.29, 0.717) is 19.7 Å². The smallest absolute Gasteiger partial charge is 0.356 e. The molecule has 0 N–H and O–H groups in total. The third kappa shape index (κ3) is 4.31. The summed E-state index contributed by atoms with van der Waals surface area (Å²) in [6, 6.07) is 9.59. The normalized spacial score (nSPS) is 15.4.